The van der Waals surface area contributed by atoms with Gasteiger partial charge in [0.1, 0.15) is 13.0 Å². The first-order valence-electron chi connectivity index (χ1n) is 5.73. The molecule has 0 unspecified atom stereocenters. The number of ether oxygens (including phenoxy) is 1. The Kier molecular flexibility index (Phi) is 7.30. The van der Waals surface area contributed by atoms with Crippen molar-refractivity contribution in [3.05, 3.63) is 40.9 Å². The van der Waals surface area contributed by atoms with Crippen LogP contribution in [0, 0.1) is 0 Å². The lowest BCUT2D eigenvalue weighted by Gasteiger charge is -2.01. The normalized spacial score (nSPS) is 10.6. The molecule has 0 amide bonds. The van der Waals surface area contributed by atoms with E-state index >= 15 is 0 Å². The number of benzene rings is 1. The maximum absolute atomic E-state index is 11.5. The molecule has 0 bridgehead atoms. The second kappa shape index (κ2) is 8.77. The van der Waals surface area contributed by atoms with Crippen molar-refractivity contribution in [2.24, 2.45) is 0 Å². The highest BCUT2D eigenvalue weighted by Gasteiger charge is 2.07. The molecular weight excluding hydrogens is 284 g/mol. The molecule has 0 aliphatic heterocycles. The van der Waals surface area contributed by atoms with Gasteiger partial charge in [-0.2, -0.15) is 11.8 Å². The smallest absolute Gasteiger partial charge is 0.313 e. The SMILES string of the molecule is CSCCOC(=O)CC(=O)C=Cc1ccccc1Cl. The van der Waals surface area contributed by atoms with E-state index in [0.29, 0.717) is 11.6 Å². The number of esters is 1. The van der Waals surface area contributed by atoms with Crippen LogP contribution < -0.4 is 0 Å². The fraction of sp³-hybridized carbons (Fsp3) is 0.286. The lowest BCUT2D eigenvalue weighted by atomic mass is 10.2. The molecule has 0 aliphatic carbocycles. The van der Waals surface area contributed by atoms with Gasteiger partial charge in [-0.3, -0.25) is 9.59 Å². The van der Waals surface area contributed by atoms with E-state index in [4.69, 9.17) is 16.3 Å². The molecule has 0 atom stereocenters. The minimum atomic E-state index is -0.497. The van der Waals surface area contributed by atoms with Gasteiger partial charge in [0.05, 0.1) is 0 Å². The summed E-state index contributed by atoms with van der Waals surface area (Å²) in [6.07, 6.45) is 4.62. The molecule has 0 fully saturated rings. The van der Waals surface area contributed by atoms with Crippen LogP contribution in [0.15, 0.2) is 30.3 Å². The van der Waals surface area contributed by atoms with Crippen LogP contribution in [-0.2, 0) is 14.3 Å². The minimum absolute atomic E-state index is 0.241. The number of allylic oxidation sites excluding steroid dienone is 1. The molecule has 0 radical (unpaired) electrons. The van der Waals surface area contributed by atoms with Crippen molar-refractivity contribution in [1.29, 1.82) is 0 Å². The Morgan fingerprint density at radius 1 is 1.37 bits per heavy atom. The van der Waals surface area contributed by atoms with Crippen molar-refractivity contribution in [1.82, 2.24) is 0 Å². The number of carbonyl (C=O) groups excluding carboxylic acids is 2. The standard InChI is InChI=1S/C14H15ClO3S/c1-19-9-8-18-14(17)10-12(16)7-6-11-4-2-3-5-13(11)15/h2-7H,8-10H2,1H3. The summed E-state index contributed by atoms with van der Waals surface area (Å²) in [5.41, 5.74) is 0.744. The molecule has 102 valence electrons. The first-order valence-corrected chi connectivity index (χ1v) is 7.50. The van der Waals surface area contributed by atoms with Gasteiger partial charge in [0.15, 0.2) is 5.78 Å². The van der Waals surface area contributed by atoms with Crippen molar-refractivity contribution in [2.45, 2.75) is 6.42 Å². The molecule has 1 aromatic carbocycles. The van der Waals surface area contributed by atoms with Crippen LogP contribution in [0.25, 0.3) is 6.08 Å². The summed E-state index contributed by atoms with van der Waals surface area (Å²) in [7, 11) is 0. The molecule has 0 saturated heterocycles. The Balaban J connectivity index is 2.43. The van der Waals surface area contributed by atoms with Gasteiger partial charge < -0.3 is 4.74 Å². The van der Waals surface area contributed by atoms with E-state index in [2.05, 4.69) is 0 Å². The van der Waals surface area contributed by atoms with E-state index < -0.39 is 5.97 Å². The van der Waals surface area contributed by atoms with Crippen molar-refractivity contribution < 1.29 is 14.3 Å². The average Bonchev–Trinajstić information content (AvgIpc) is 2.38. The van der Waals surface area contributed by atoms with Crippen LogP contribution in [0.5, 0.6) is 0 Å². The van der Waals surface area contributed by atoms with E-state index in [1.54, 1.807) is 30.0 Å². The largest absolute Gasteiger partial charge is 0.464 e. The maximum Gasteiger partial charge on any atom is 0.313 e. The van der Waals surface area contributed by atoms with Gasteiger partial charge >= 0.3 is 5.97 Å². The summed E-state index contributed by atoms with van der Waals surface area (Å²) in [6.45, 7) is 0.335. The highest BCUT2D eigenvalue weighted by Crippen LogP contribution is 2.16. The van der Waals surface area contributed by atoms with E-state index in [9.17, 15) is 9.59 Å². The average molecular weight is 299 g/mol. The Bertz CT molecular complexity index is 472. The predicted molar refractivity (Wildman–Crippen MR) is 79.5 cm³/mol. The molecule has 0 N–H and O–H groups in total. The summed E-state index contributed by atoms with van der Waals surface area (Å²) < 4.78 is 4.89. The summed E-state index contributed by atoms with van der Waals surface area (Å²) in [6, 6.07) is 7.17. The van der Waals surface area contributed by atoms with Crippen molar-refractivity contribution in [3.8, 4) is 0 Å². The van der Waals surface area contributed by atoms with Gasteiger partial charge in [0.25, 0.3) is 0 Å². The van der Waals surface area contributed by atoms with Crippen LogP contribution in [0.4, 0.5) is 0 Å². The number of halogens is 1. The second-order valence-electron chi connectivity index (χ2n) is 3.71. The topological polar surface area (TPSA) is 43.4 Å². The number of hydrogen-bond acceptors (Lipinski definition) is 4. The zero-order valence-electron chi connectivity index (χ0n) is 10.6. The number of hydrogen-bond donors (Lipinski definition) is 0. The van der Waals surface area contributed by atoms with Crippen molar-refractivity contribution >= 4 is 41.2 Å². The monoisotopic (exact) mass is 298 g/mol. The summed E-state index contributed by atoms with van der Waals surface area (Å²) in [4.78, 5) is 22.8. The van der Waals surface area contributed by atoms with Crippen molar-refractivity contribution in [3.63, 3.8) is 0 Å². The Morgan fingerprint density at radius 3 is 2.79 bits per heavy atom. The van der Waals surface area contributed by atoms with Gasteiger partial charge in [-0.05, 0) is 30.0 Å². The highest BCUT2D eigenvalue weighted by atomic mass is 35.5. The lowest BCUT2D eigenvalue weighted by molar-refractivity contribution is -0.144. The zero-order valence-corrected chi connectivity index (χ0v) is 12.2. The molecule has 1 aromatic rings. The molecule has 3 nitrogen and oxygen atoms in total. The van der Waals surface area contributed by atoms with Crippen LogP contribution in [0.3, 0.4) is 0 Å². The van der Waals surface area contributed by atoms with E-state index in [1.807, 2.05) is 18.4 Å². The Morgan fingerprint density at radius 2 is 2.11 bits per heavy atom. The van der Waals surface area contributed by atoms with Gasteiger partial charge in [-0.1, -0.05) is 29.8 Å². The third-order valence-corrected chi connectivity index (χ3v) is 3.14. The number of ketones is 1. The van der Waals surface area contributed by atoms with Gasteiger partial charge in [0.2, 0.25) is 0 Å². The highest BCUT2D eigenvalue weighted by molar-refractivity contribution is 7.98. The second-order valence-corrected chi connectivity index (χ2v) is 5.10. The van der Waals surface area contributed by atoms with E-state index in [0.717, 1.165) is 11.3 Å². The molecule has 0 spiro atoms. The third-order valence-electron chi connectivity index (χ3n) is 2.22. The fourth-order valence-corrected chi connectivity index (χ4v) is 1.73. The fourth-order valence-electron chi connectivity index (χ4n) is 1.28. The quantitative estimate of drug-likeness (QED) is 0.335. The zero-order chi connectivity index (χ0) is 14.1. The third kappa shape index (κ3) is 6.45. The van der Waals surface area contributed by atoms with Crippen LogP contribution >= 0.6 is 23.4 Å². The molecule has 1 rings (SSSR count). The molecular formula is C14H15ClO3S. The molecule has 0 saturated carbocycles. The lowest BCUT2D eigenvalue weighted by Crippen LogP contribution is -2.11. The molecule has 0 aliphatic rings. The predicted octanol–water partition coefficient (Wildman–Crippen LogP) is 3.22. The molecule has 19 heavy (non-hydrogen) atoms. The summed E-state index contributed by atoms with van der Waals surface area (Å²) in [5.74, 6) is -0.0630. The summed E-state index contributed by atoms with van der Waals surface area (Å²) >= 11 is 7.52. The van der Waals surface area contributed by atoms with Gasteiger partial charge in [-0.15, -0.1) is 0 Å². The first-order chi connectivity index (χ1) is 9.13. The van der Waals surface area contributed by atoms with E-state index in [-0.39, 0.29) is 12.2 Å². The first kappa shape index (κ1) is 15.8. The maximum atomic E-state index is 11.5. The molecule has 0 heterocycles. The molecule has 5 heteroatoms. The van der Waals surface area contributed by atoms with Crippen molar-refractivity contribution in [2.75, 3.05) is 18.6 Å². The Hall–Kier alpha value is -1.26. The van der Waals surface area contributed by atoms with E-state index in [1.165, 1.54) is 6.08 Å². The minimum Gasteiger partial charge on any atom is -0.464 e. The van der Waals surface area contributed by atoms with Gasteiger partial charge in [0, 0.05) is 10.8 Å². The molecule has 0 aromatic heterocycles. The number of thioether (sulfide) groups is 1. The van der Waals surface area contributed by atoms with Crippen LogP contribution in [0.1, 0.15) is 12.0 Å². The van der Waals surface area contributed by atoms with Crippen LogP contribution in [-0.4, -0.2) is 30.4 Å². The summed E-state index contributed by atoms with van der Waals surface area (Å²) in [5, 5.41) is 0.564. The van der Waals surface area contributed by atoms with Gasteiger partial charge in [-0.25, -0.2) is 0 Å². The number of rotatable bonds is 7. The van der Waals surface area contributed by atoms with Crippen LogP contribution in [0.2, 0.25) is 5.02 Å². The number of carbonyl (C=O) groups is 2. The Labute approximate surface area is 122 Å².